The van der Waals surface area contributed by atoms with Gasteiger partial charge in [0.15, 0.2) is 0 Å². The van der Waals surface area contributed by atoms with Gasteiger partial charge in [0, 0.05) is 12.6 Å². The Hall–Kier alpha value is -1.39. The number of rotatable bonds is 4. The third-order valence-corrected chi connectivity index (χ3v) is 4.10. The fraction of sp³-hybridized carbons (Fsp3) is 0.562. The molecule has 110 valence electrons. The van der Waals surface area contributed by atoms with E-state index in [4.69, 9.17) is 4.74 Å². The number of likely N-dealkylation sites (N-methyl/N-ethyl adjacent to an activating group) is 1. The van der Waals surface area contributed by atoms with Crippen LogP contribution in [0.3, 0.4) is 0 Å². The van der Waals surface area contributed by atoms with Crippen molar-refractivity contribution in [3.8, 4) is 0 Å². The van der Waals surface area contributed by atoms with Crippen LogP contribution in [0, 0.1) is 0 Å². The van der Waals surface area contributed by atoms with E-state index in [0.29, 0.717) is 12.1 Å². The zero-order valence-corrected chi connectivity index (χ0v) is 12.2. The van der Waals surface area contributed by atoms with Gasteiger partial charge in [-0.25, -0.2) is 4.79 Å². The van der Waals surface area contributed by atoms with Crippen molar-refractivity contribution in [3.05, 3.63) is 35.4 Å². The van der Waals surface area contributed by atoms with Crippen molar-refractivity contribution in [2.75, 3.05) is 14.2 Å². The third-order valence-electron chi connectivity index (χ3n) is 4.10. The molecule has 1 aliphatic rings. The molecule has 0 saturated heterocycles. The number of carbonyl (C=O) groups excluding carboxylic acids is 1. The summed E-state index contributed by atoms with van der Waals surface area (Å²) in [6.07, 6.45) is 3.87. The number of esters is 1. The first kappa shape index (κ1) is 15.0. The van der Waals surface area contributed by atoms with E-state index in [1.54, 1.807) is 6.07 Å². The molecule has 0 spiro atoms. The van der Waals surface area contributed by atoms with E-state index in [2.05, 4.69) is 4.90 Å². The minimum Gasteiger partial charge on any atom is -0.465 e. The van der Waals surface area contributed by atoms with Crippen LogP contribution in [-0.4, -0.2) is 42.3 Å². The number of nitrogens with zero attached hydrogens (tertiary/aromatic N) is 1. The van der Waals surface area contributed by atoms with Gasteiger partial charge in [-0.1, -0.05) is 31.0 Å². The number of hydrogen-bond donors (Lipinski definition) is 1. The second-order valence-corrected chi connectivity index (χ2v) is 5.48. The van der Waals surface area contributed by atoms with E-state index >= 15 is 0 Å². The lowest BCUT2D eigenvalue weighted by molar-refractivity contribution is 0.0286. The van der Waals surface area contributed by atoms with Gasteiger partial charge in [0.25, 0.3) is 0 Å². The highest BCUT2D eigenvalue weighted by Crippen LogP contribution is 2.24. The summed E-state index contributed by atoms with van der Waals surface area (Å²) in [7, 11) is 3.40. The van der Waals surface area contributed by atoms with E-state index in [9.17, 15) is 9.90 Å². The molecule has 2 unspecified atom stereocenters. The SMILES string of the molecule is COC(=O)c1ccccc1CN(C)C1CCCCC1O. The summed E-state index contributed by atoms with van der Waals surface area (Å²) in [4.78, 5) is 13.9. The Labute approximate surface area is 120 Å². The van der Waals surface area contributed by atoms with Crippen LogP contribution in [0.4, 0.5) is 0 Å². The summed E-state index contributed by atoms with van der Waals surface area (Å²) >= 11 is 0. The Balaban J connectivity index is 2.11. The quantitative estimate of drug-likeness (QED) is 0.857. The third kappa shape index (κ3) is 3.38. The van der Waals surface area contributed by atoms with Gasteiger partial charge in [-0.2, -0.15) is 0 Å². The second kappa shape index (κ2) is 6.86. The van der Waals surface area contributed by atoms with Crippen LogP contribution in [-0.2, 0) is 11.3 Å². The number of aliphatic hydroxyl groups is 1. The molecule has 1 fully saturated rings. The maximum Gasteiger partial charge on any atom is 0.338 e. The molecule has 1 saturated carbocycles. The molecule has 1 aliphatic carbocycles. The molecule has 1 aromatic rings. The summed E-state index contributed by atoms with van der Waals surface area (Å²) in [5.41, 5.74) is 1.55. The Morgan fingerprint density at radius 1 is 1.35 bits per heavy atom. The molecule has 1 aromatic carbocycles. The van der Waals surface area contributed by atoms with Gasteiger partial charge < -0.3 is 9.84 Å². The van der Waals surface area contributed by atoms with Crippen LogP contribution in [0.25, 0.3) is 0 Å². The van der Waals surface area contributed by atoms with Crippen LogP contribution in [0.2, 0.25) is 0 Å². The van der Waals surface area contributed by atoms with Crippen molar-refractivity contribution in [1.29, 1.82) is 0 Å². The van der Waals surface area contributed by atoms with Crippen LogP contribution in [0.1, 0.15) is 41.6 Å². The molecule has 4 nitrogen and oxygen atoms in total. The van der Waals surface area contributed by atoms with Gasteiger partial charge in [0.1, 0.15) is 0 Å². The number of carbonyl (C=O) groups is 1. The van der Waals surface area contributed by atoms with E-state index in [1.165, 1.54) is 7.11 Å². The lowest BCUT2D eigenvalue weighted by atomic mass is 9.91. The summed E-state index contributed by atoms with van der Waals surface area (Å²) < 4.78 is 4.82. The van der Waals surface area contributed by atoms with Gasteiger partial charge in [-0.3, -0.25) is 4.90 Å². The lowest BCUT2D eigenvalue weighted by Crippen LogP contribution is -2.43. The van der Waals surface area contributed by atoms with Crippen molar-refractivity contribution in [1.82, 2.24) is 4.90 Å². The van der Waals surface area contributed by atoms with Crippen LogP contribution < -0.4 is 0 Å². The first-order valence-electron chi connectivity index (χ1n) is 7.18. The predicted octanol–water partition coefficient (Wildman–Crippen LogP) is 2.21. The fourth-order valence-electron chi connectivity index (χ4n) is 2.96. The summed E-state index contributed by atoms with van der Waals surface area (Å²) in [6, 6.07) is 7.66. The summed E-state index contributed by atoms with van der Waals surface area (Å²) in [6.45, 7) is 0.646. The van der Waals surface area contributed by atoms with Crippen molar-refractivity contribution in [2.24, 2.45) is 0 Å². The summed E-state index contributed by atoms with van der Waals surface area (Å²) in [5, 5.41) is 10.1. The molecule has 0 heterocycles. The molecule has 0 amide bonds. The highest BCUT2D eigenvalue weighted by Gasteiger charge is 2.27. The summed E-state index contributed by atoms with van der Waals surface area (Å²) in [5.74, 6) is -0.307. The van der Waals surface area contributed by atoms with E-state index in [-0.39, 0.29) is 18.1 Å². The monoisotopic (exact) mass is 277 g/mol. The molecular weight excluding hydrogens is 254 g/mol. The first-order chi connectivity index (χ1) is 9.63. The highest BCUT2D eigenvalue weighted by atomic mass is 16.5. The number of ether oxygens (including phenoxy) is 1. The maximum atomic E-state index is 11.8. The Morgan fingerprint density at radius 3 is 2.75 bits per heavy atom. The van der Waals surface area contributed by atoms with Gasteiger partial charge in [0.05, 0.1) is 18.8 Å². The van der Waals surface area contributed by atoms with Gasteiger partial charge in [0.2, 0.25) is 0 Å². The Morgan fingerprint density at radius 2 is 2.05 bits per heavy atom. The lowest BCUT2D eigenvalue weighted by Gasteiger charge is -2.35. The molecule has 0 radical (unpaired) electrons. The molecule has 20 heavy (non-hydrogen) atoms. The van der Waals surface area contributed by atoms with Crippen molar-refractivity contribution >= 4 is 5.97 Å². The number of methoxy groups -OCH3 is 1. The average molecular weight is 277 g/mol. The zero-order valence-electron chi connectivity index (χ0n) is 12.2. The topological polar surface area (TPSA) is 49.8 Å². The molecule has 0 aromatic heterocycles. The molecule has 2 rings (SSSR count). The zero-order chi connectivity index (χ0) is 14.5. The van der Waals surface area contributed by atoms with Gasteiger partial charge in [-0.15, -0.1) is 0 Å². The van der Waals surface area contributed by atoms with Crippen LogP contribution >= 0.6 is 0 Å². The van der Waals surface area contributed by atoms with Crippen LogP contribution in [0.5, 0.6) is 0 Å². The predicted molar refractivity (Wildman–Crippen MR) is 77.5 cm³/mol. The molecule has 4 heteroatoms. The van der Waals surface area contributed by atoms with Crippen molar-refractivity contribution < 1.29 is 14.6 Å². The number of aliphatic hydroxyl groups excluding tert-OH is 1. The van der Waals surface area contributed by atoms with Crippen molar-refractivity contribution in [3.63, 3.8) is 0 Å². The van der Waals surface area contributed by atoms with Gasteiger partial charge >= 0.3 is 5.97 Å². The Kier molecular flexibility index (Phi) is 5.15. The van der Waals surface area contributed by atoms with E-state index in [0.717, 1.165) is 31.2 Å². The Bertz CT molecular complexity index is 461. The molecule has 0 bridgehead atoms. The molecular formula is C16H23NO3. The molecule has 1 N–H and O–H groups in total. The molecule has 2 atom stereocenters. The smallest absolute Gasteiger partial charge is 0.338 e. The minimum atomic E-state index is -0.307. The number of benzene rings is 1. The highest BCUT2D eigenvalue weighted by molar-refractivity contribution is 5.90. The average Bonchev–Trinajstić information content (AvgIpc) is 2.47. The van der Waals surface area contributed by atoms with E-state index in [1.807, 2.05) is 25.2 Å². The fourth-order valence-corrected chi connectivity index (χ4v) is 2.96. The number of hydrogen-bond acceptors (Lipinski definition) is 4. The first-order valence-corrected chi connectivity index (χ1v) is 7.18. The largest absolute Gasteiger partial charge is 0.465 e. The maximum absolute atomic E-state index is 11.8. The standard InChI is InChI=1S/C16H23NO3/c1-17(14-9-5-6-10-15(14)18)11-12-7-3-4-8-13(12)16(19)20-2/h3-4,7-8,14-15,18H,5-6,9-11H2,1-2H3. The molecule has 0 aliphatic heterocycles. The van der Waals surface area contributed by atoms with Crippen molar-refractivity contribution in [2.45, 2.75) is 44.4 Å². The van der Waals surface area contributed by atoms with Gasteiger partial charge in [-0.05, 0) is 31.5 Å². The second-order valence-electron chi connectivity index (χ2n) is 5.48. The van der Waals surface area contributed by atoms with E-state index < -0.39 is 0 Å². The van der Waals surface area contributed by atoms with Crippen LogP contribution in [0.15, 0.2) is 24.3 Å². The normalized spacial score (nSPS) is 22.8. The minimum absolute atomic E-state index is 0.175.